The lowest BCUT2D eigenvalue weighted by Gasteiger charge is -2.20. The van der Waals surface area contributed by atoms with Crippen LogP contribution in [0.1, 0.15) is 45.3 Å². The Kier molecular flexibility index (Phi) is 3.62. The molecule has 0 bridgehead atoms. The zero-order valence-electron chi connectivity index (χ0n) is 11.2. The monoisotopic (exact) mass is 244 g/mol. The minimum atomic E-state index is -0.468. The fourth-order valence-electron chi connectivity index (χ4n) is 2.03. The van der Waals surface area contributed by atoms with Gasteiger partial charge >= 0.3 is 0 Å². The standard InChI is InChI=1S/C15H20N2O/c1-15(2,3)9-7-13(18)12-6-4-5-11-8-10-16-17-14(11)12/h4-6,8,10,13,18H,7,9H2,1-3H3/t13-/m0/s1. The molecule has 3 heteroatoms. The molecule has 1 N–H and O–H groups in total. The number of aliphatic hydroxyl groups excluding tert-OH is 1. The van der Waals surface area contributed by atoms with Crippen LogP contribution < -0.4 is 0 Å². The number of nitrogens with zero attached hydrogens (tertiary/aromatic N) is 2. The van der Waals surface area contributed by atoms with Gasteiger partial charge in [-0.05, 0) is 24.3 Å². The molecule has 96 valence electrons. The third-order valence-electron chi connectivity index (χ3n) is 3.10. The average Bonchev–Trinajstić information content (AvgIpc) is 2.34. The number of fused-ring (bicyclic) bond motifs is 1. The molecule has 18 heavy (non-hydrogen) atoms. The van der Waals surface area contributed by atoms with Gasteiger partial charge in [-0.25, -0.2) is 0 Å². The highest BCUT2D eigenvalue weighted by Gasteiger charge is 2.17. The molecule has 0 aliphatic rings. The van der Waals surface area contributed by atoms with E-state index in [-0.39, 0.29) is 5.41 Å². The fraction of sp³-hybridized carbons (Fsp3) is 0.467. The number of aromatic nitrogens is 2. The van der Waals surface area contributed by atoms with Crippen LogP contribution in [0.25, 0.3) is 10.9 Å². The largest absolute Gasteiger partial charge is 0.388 e. The maximum Gasteiger partial charge on any atom is 0.0987 e. The minimum absolute atomic E-state index is 0.233. The topological polar surface area (TPSA) is 46.0 Å². The maximum absolute atomic E-state index is 10.3. The first-order chi connectivity index (χ1) is 8.47. The first-order valence-corrected chi connectivity index (χ1v) is 6.36. The Labute approximate surface area is 108 Å². The van der Waals surface area contributed by atoms with Crippen molar-refractivity contribution >= 4 is 10.9 Å². The Morgan fingerprint density at radius 1 is 1.22 bits per heavy atom. The molecule has 1 aromatic heterocycles. The van der Waals surface area contributed by atoms with Gasteiger partial charge in [-0.15, -0.1) is 0 Å². The molecule has 2 aromatic rings. The van der Waals surface area contributed by atoms with E-state index >= 15 is 0 Å². The number of aliphatic hydroxyl groups is 1. The smallest absolute Gasteiger partial charge is 0.0987 e. The Morgan fingerprint density at radius 2 is 2.00 bits per heavy atom. The predicted molar refractivity (Wildman–Crippen MR) is 73.2 cm³/mol. The van der Waals surface area contributed by atoms with E-state index in [4.69, 9.17) is 0 Å². The lowest BCUT2D eigenvalue weighted by atomic mass is 9.88. The molecule has 1 heterocycles. The van der Waals surface area contributed by atoms with Crippen LogP contribution >= 0.6 is 0 Å². The molecule has 1 atom stereocenters. The van der Waals surface area contributed by atoms with E-state index in [9.17, 15) is 5.11 Å². The molecule has 0 radical (unpaired) electrons. The van der Waals surface area contributed by atoms with Gasteiger partial charge in [0.25, 0.3) is 0 Å². The van der Waals surface area contributed by atoms with E-state index in [1.807, 2.05) is 24.3 Å². The molecule has 0 aliphatic heterocycles. The number of rotatable bonds is 3. The Hall–Kier alpha value is -1.48. The van der Waals surface area contributed by atoms with Crippen LogP contribution in [0.15, 0.2) is 30.5 Å². The lowest BCUT2D eigenvalue weighted by Crippen LogP contribution is -2.08. The van der Waals surface area contributed by atoms with E-state index in [1.165, 1.54) is 0 Å². The average molecular weight is 244 g/mol. The van der Waals surface area contributed by atoms with Gasteiger partial charge in [0, 0.05) is 10.9 Å². The van der Waals surface area contributed by atoms with Gasteiger partial charge in [0.1, 0.15) is 0 Å². The van der Waals surface area contributed by atoms with Crippen molar-refractivity contribution in [1.82, 2.24) is 10.2 Å². The van der Waals surface area contributed by atoms with Crippen LogP contribution in [0.4, 0.5) is 0 Å². The van der Waals surface area contributed by atoms with E-state index in [1.54, 1.807) is 6.20 Å². The van der Waals surface area contributed by atoms with Gasteiger partial charge in [0.05, 0.1) is 17.8 Å². The van der Waals surface area contributed by atoms with Crippen LogP contribution in [0.5, 0.6) is 0 Å². The van der Waals surface area contributed by atoms with E-state index in [0.29, 0.717) is 0 Å². The van der Waals surface area contributed by atoms with Crippen molar-refractivity contribution in [1.29, 1.82) is 0 Å². The minimum Gasteiger partial charge on any atom is -0.388 e. The number of hydrogen-bond acceptors (Lipinski definition) is 3. The second-order valence-corrected chi connectivity index (χ2v) is 5.93. The van der Waals surface area contributed by atoms with Crippen LogP contribution in [0, 0.1) is 5.41 Å². The second kappa shape index (κ2) is 5.02. The Bertz CT molecular complexity index is 526. The fourth-order valence-corrected chi connectivity index (χ4v) is 2.03. The van der Waals surface area contributed by atoms with Gasteiger partial charge in [-0.3, -0.25) is 0 Å². The quantitative estimate of drug-likeness (QED) is 0.899. The van der Waals surface area contributed by atoms with E-state index < -0.39 is 6.10 Å². The molecular formula is C15H20N2O. The predicted octanol–water partition coefficient (Wildman–Crippen LogP) is 3.49. The Morgan fingerprint density at radius 3 is 2.72 bits per heavy atom. The summed E-state index contributed by atoms with van der Waals surface area (Å²) in [6, 6.07) is 7.80. The highest BCUT2D eigenvalue weighted by atomic mass is 16.3. The molecule has 2 rings (SSSR count). The summed E-state index contributed by atoms with van der Waals surface area (Å²) >= 11 is 0. The summed E-state index contributed by atoms with van der Waals surface area (Å²) in [7, 11) is 0. The summed E-state index contributed by atoms with van der Waals surface area (Å²) in [4.78, 5) is 0. The Balaban J connectivity index is 2.25. The van der Waals surface area contributed by atoms with Crippen molar-refractivity contribution in [3.8, 4) is 0 Å². The normalized spacial score (nSPS) is 13.8. The van der Waals surface area contributed by atoms with E-state index in [2.05, 4.69) is 31.0 Å². The third-order valence-corrected chi connectivity index (χ3v) is 3.10. The molecule has 0 saturated heterocycles. The summed E-state index contributed by atoms with van der Waals surface area (Å²) in [5.41, 5.74) is 1.92. The summed E-state index contributed by atoms with van der Waals surface area (Å²) in [6.07, 6.45) is 2.93. The summed E-state index contributed by atoms with van der Waals surface area (Å²) < 4.78 is 0. The van der Waals surface area contributed by atoms with Crippen molar-refractivity contribution in [2.45, 2.75) is 39.7 Å². The molecule has 0 amide bonds. The summed E-state index contributed by atoms with van der Waals surface area (Å²) in [6.45, 7) is 6.55. The molecule has 0 aliphatic carbocycles. The van der Waals surface area contributed by atoms with Gasteiger partial charge < -0.3 is 5.11 Å². The van der Waals surface area contributed by atoms with Crippen molar-refractivity contribution in [3.63, 3.8) is 0 Å². The molecule has 0 spiro atoms. The molecule has 3 nitrogen and oxygen atoms in total. The first-order valence-electron chi connectivity index (χ1n) is 6.36. The van der Waals surface area contributed by atoms with Crippen LogP contribution in [-0.4, -0.2) is 15.3 Å². The van der Waals surface area contributed by atoms with Gasteiger partial charge in [0.2, 0.25) is 0 Å². The van der Waals surface area contributed by atoms with Crippen LogP contribution in [-0.2, 0) is 0 Å². The summed E-state index contributed by atoms with van der Waals surface area (Å²) in [5.74, 6) is 0. The van der Waals surface area contributed by atoms with Crippen molar-refractivity contribution in [2.24, 2.45) is 5.41 Å². The lowest BCUT2D eigenvalue weighted by molar-refractivity contribution is 0.148. The zero-order chi connectivity index (χ0) is 13.2. The SMILES string of the molecule is CC(C)(C)CC[C@H](O)c1cccc2ccnnc12. The van der Waals surface area contributed by atoms with Crippen LogP contribution in [0.2, 0.25) is 0 Å². The van der Waals surface area contributed by atoms with Crippen molar-refractivity contribution in [3.05, 3.63) is 36.0 Å². The van der Waals surface area contributed by atoms with Gasteiger partial charge in [0.15, 0.2) is 0 Å². The first kappa shape index (κ1) is 13.0. The highest BCUT2D eigenvalue weighted by molar-refractivity contribution is 5.81. The molecule has 0 unspecified atom stereocenters. The molecule has 0 fully saturated rings. The van der Waals surface area contributed by atoms with Gasteiger partial charge in [-0.2, -0.15) is 10.2 Å². The molecule has 1 aromatic carbocycles. The van der Waals surface area contributed by atoms with Crippen LogP contribution in [0.3, 0.4) is 0 Å². The number of benzene rings is 1. The number of hydrogen-bond donors (Lipinski definition) is 1. The maximum atomic E-state index is 10.3. The van der Waals surface area contributed by atoms with Gasteiger partial charge in [-0.1, -0.05) is 39.0 Å². The second-order valence-electron chi connectivity index (χ2n) is 5.93. The van der Waals surface area contributed by atoms with E-state index in [0.717, 1.165) is 29.3 Å². The molecule has 0 saturated carbocycles. The molecular weight excluding hydrogens is 224 g/mol. The summed E-state index contributed by atoms with van der Waals surface area (Å²) in [5, 5.41) is 19.4. The van der Waals surface area contributed by atoms with Crippen molar-refractivity contribution in [2.75, 3.05) is 0 Å². The highest BCUT2D eigenvalue weighted by Crippen LogP contribution is 2.29. The zero-order valence-corrected chi connectivity index (χ0v) is 11.2. The third kappa shape index (κ3) is 3.05. The van der Waals surface area contributed by atoms with Crippen molar-refractivity contribution < 1.29 is 5.11 Å².